The van der Waals surface area contributed by atoms with Gasteiger partial charge in [-0.05, 0) is 56.9 Å². The zero-order chi connectivity index (χ0) is 23.5. The fraction of sp³-hybridized carbons (Fsp3) is 0.375. The molecule has 0 spiro atoms. The molecular weight excluding hydrogens is 476 g/mol. The molecular formula is C24H27BrN2O5. The average Bonchev–Trinajstić information content (AvgIpc) is 3.35. The van der Waals surface area contributed by atoms with E-state index in [0.29, 0.717) is 18.7 Å². The van der Waals surface area contributed by atoms with E-state index in [0.717, 1.165) is 33.1 Å². The van der Waals surface area contributed by atoms with Crippen LogP contribution in [0.4, 0.5) is 4.79 Å². The summed E-state index contributed by atoms with van der Waals surface area (Å²) in [5, 5.41) is 12.5. The van der Waals surface area contributed by atoms with Crippen molar-refractivity contribution in [1.29, 1.82) is 0 Å². The minimum Gasteiger partial charge on any atom is -0.467 e. The lowest BCUT2D eigenvalue weighted by molar-refractivity contribution is -0.145. The van der Waals surface area contributed by atoms with Gasteiger partial charge in [-0.3, -0.25) is 4.90 Å². The number of ether oxygens (including phenoxy) is 2. The monoisotopic (exact) mass is 502 g/mol. The quantitative estimate of drug-likeness (QED) is 0.280. The molecule has 1 fully saturated rings. The second-order valence-corrected chi connectivity index (χ2v) is 9.45. The van der Waals surface area contributed by atoms with Gasteiger partial charge in [-0.1, -0.05) is 51.4 Å². The Morgan fingerprint density at radius 2 is 1.75 bits per heavy atom. The van der Waals surface area contributed by atoms with Gasteiger partial charge >= 0.3 is 12.1 Å². The molecule has 2 aliphatic rings. The highest BCUT2D eigenvalue weighted by molar-refractivity contribution is 9.10. The lowest BCUT2D eigenvalue weighted by Gasteiger charge is -2.27. The number of hydrogen-bond acceptors (Lipinski definition) is 6. The largest absolute Gasteiger partial charge is 0.467 e. The van der Waals surface area contributed by atoms with Crippen molar-refractivity contribution in [1.82, 2.24) is 4.90 Å². The molecule has 4 rings (SSSR count). The highest BCUT2D eigenvalue weighted by Crippen LogP contribution is 2.37. The molecule has 1 unspecified atom stereocenters. The van der Waals surface area contributed by atoms with Gasteiger partial charge in [0, 0.05) is 22.1 Å². The van der Waals surface area contributed by atoms with Crippen LogP contribution in [0, 0.1) is 0 Å². The van der Waals surface area contributed by atoms with Gasteiger partial charge in [0.05, 0.1) is 7.11 Å². The minimum atomic E-state index is -0.541. The van der Waals surface area contributed by atoms with Crippen LogP contribution in [-0.4, -0.2) is 53.2 Å². The number of amides is 1. The Balaban J connectivity index is 0.000000181. The van der Waals surface area contributed by atoms with Gasteiger partial charge in [-0.2, -0.15) is 0 Å². The zero-order valence-electron chi connectivity index (χ0n) is 18.6. The van der Waals surface area contributed by atoms with Crippen LogP contribution in [0.1, 0.15) is 44.7 Å². The fourth-order valence-electron chi connectivity index (χ4n) is 3.81. The van der Waals surface area contributed by atoms with E-state index < -0.39 is 17.7 Å². The number of halogens is 1. The van der Waals surface area contributed by atoms with E-state index in [9.17, 15) is 9.59 Å². The third kappa shape index (κ3) is 5.12. The van der Waals surface area contributed by atoms with E-state index in [1.54, 1.807) is 20.8 Å². The molecule has 170 valence electrons. The molecule has 32 heavy (non-hydrogen) atoms. The SMILES string of the molecule is COC(=O)C1CCCN1C(=O)OC(C)(C)C.O/N=C1/c2ccccc2-c2ccc(Br)cc21. The summed E-state index contributed by atoms with van der Waals surface area (Å²) >= 11 is 3.43. The second kappa shape index (κ2) is 9.73. The van der Waals surface area contributed by atoms with Crippen molar-refractivity contribution in [2.45, 2.75) is 45.3 Å². The number of carbonyl (C=O) groups is 2. The van der Waals surface area contributed by atoms with Crippen molar-refractivity contribution in [3.8, 4) is 11.1 Å². The molecule has 1 aliphatic carbocycles. The number of likely N-dealkylation sites (tertiary alicyclic amines) is 1. The van der Waals surface area contributed by atoms with Crippen molar-refractivity contribution in [3.05, 3.63) is 58.1 Å². The van der Waals surface area contributed by atoms with E-state index in [4.69, 9.17) is 9.94 Å². The van der Waals surface area contributed by atoms with Crippen LogP contribution in [-0.2, 0) is 14.3 Å². The molecule has 2 aromatic rings. The van der Waals surface area contributed by atoms with Gasteiger partial charge in [-0.25, -0.2) is 9.59 Å². The predicted molar refractivity (Wildman–Crippen MR) is 125 cm³/mol. The Morgan fingerprint density at radius 1 is 1.09 bits per heavy atom. The number of nitrogens with zero attached hydrogens (tertiary/aromatic N) is 2. The van der Waals surface area contributed by atoms with Gasteiger partial charge < -0.3 is 14.7 Å². The van der Waals surface area contributed by atoms with E-state index in [1.165, 1.54) is 12.0 Å². The molecule has 1 saturated heterocycles. The van der Waals surface area contributed by atoms with Gasteiger partial charge in [0.1, 0.15) is 17.4 Å². The molecule has 0 saturated carbocycles. The predicted octanol–water partition coefficient (Wildman–Crippen LogP) is 5.22. The molecule has 8 heteroatoms. The zero-order valence-corrected chi connectivity index (χ0v) is 20.2. The maximum atomic E-state index is 11.8. The Morgan fingerprint density at radius 3 is 2.38 bits per heavy atom. The molecule has 0 radical (unpaired) electrons. The van der Waals surface area contributed by atoms with Gasteiger partial charge in [0.2, 0.25) is 0 Å². The molecule has 7 nitrogen and oxygen atoms in total. The number of fused-ring (bicyclic) bond motifs is 3. The summed E-state index contributed by atoms with van der Waals surface area (Å²) in [7, 11) is 1.33. The number of carbonyl (C=O) groups excluding carboxylic acids is 2. The van der Waals surface area contributed by atoms with Gasteiger partial charge in [0.15, 0.2) is 0 Å². The summed E-state index contributed by atoms with van der Waals surface area (Å²) in [4.78, 5) is 24.7. The highest BCUT2D eigenvalue weighted by atomic mass is 79.9. The lowest BCUT2D eigenvalue weighted by atomic mass is 10.1. The Kier molecular flexibility index (Phi) is 7.23. The van der Waals surface area contributed by atoms with Crippen LogP contribution in [0.15, 0.2) is 52.1 Å². The van der Waals surface area contributed by atoms with Crippen molar-refractivity contribution in [2.75, 3.05) is 13.7 Å². The third-order valence-corrected chi connectivity index (χ3v) is 5.66. The van der Waals surface area contributed by atoms with Crippen molar-refractivity contribution in [2.24, 2.45) is 5.16 Å². The molecule has 1 amide bonds. The molecule has 1 heterocycles. The van der Waals surface area contributed by atoms with Crippen LogP contribution in [0.2, 0.25) is 0 Å². The third-order valence-electron chi connectivity index (χ3n) is 5.16. The van der Waals surface area contributed by atoms with Gasteiger partial charge in [0.25, 0.3) is 0 Å². The average molecular weight is 503 g/mol. The van der Waals surface area contributed by atoms with E-state index in [2.05, 4.69) is 25.8 Å². The maximum absolute atomic E-state index is 11.8. The summed E-state index contributed by atoms with van der Waals surface area (Å²) in [6.45, 7) is 5.95. The summed E-state index contributed by atoms with van der Waals surface area (Å²) in [6.07, 6.45) is 1.01. The van der Waals surface area contributed by atoms with E-state index >= 15 is 0 Å². The van der Waals surface area contributed by atoms with E-state index in [-0.39, 0.29) is 5.97 Å². The lowest BCUT2D eigenvalue weighted by Crippen LogP contribution is -2.43. The van der Waals surface area contributed by atoms with Crippen LogP contribution in [0.5, 0.6) is 0 Å². The first-order valence-electron chi connectivity index (χ1n) is 10.4. The van der Waals surface area contributed by atoms with Gasteiger partial charge in [-0.15, -0.1) is 0 Å². The second-order valence-electron chi connectivity index (χ2n) is 8.54. The van der Waals surface area contributed by atoms with Crippen molar-refractivity contribution < 1.29 is 24.3 Å². The molecule has 0 aromatic heterocycles. The fourth-order valence-corrected chi connectivity index (χ4v) is 4.17. The molecule has 1 N–H and O–H groups in total. The Labute approximate surface area is 196 Å². The van der Waals surface area contributed by atoms with Crippen LogP contribution < -0.4 is 0 Å². The summed E-state index contributed by atoms with van der Waals surface area (Å²) < 4.78 is 10.9. The highest BCUT2D eigenvalue weighted by Gasteiger charge is 2.37. The first kappa shape index (κ1) is 23.8. The standard InChI is InChI=1S/C13H8BrNO.C11H19NO4/c14-8-5-6-10-9-3-1-2-4-11(9)13(15-16)12(10)7-8;1-11(2,3)16-10(14)12-7-5-6-8(12)9(13)15-4/h1-7,16H;8H,5-7H2,1-4H3/b15-13-;. The smallest absolute Gasteiger partial charge is 0.411 e. The van der Waals surface area contributed by atoms with Crippen LogP contribution >= 0.6 is 15.9 Å². The summed E-state index contributed by atoms with van der Waals surface area (Å²) in [5.74, 6) is -0.372. The molecule has 1 aliphatic heterocycles. The number of benzene rings is 2. The summed E-state index contributed by atoms with van der Waals surface area (Å²) in [6, 6.07) is 13.5. The number of esters is 1. The number of oxime groups is 1. The molecule has 2 aromatic carbocycles. The number of hydrogen-bond donors (Lipinski definition) is 1. The Hall–Kier alpha value is -2.87. The Bertz CT molecular complexity index is 1040. The summed E-state index contributed by atoms with van der Waals surface area (Å²) in [5.41, 5.74) is 4.30. The number of rotatable bonds is 1. The minimum absolute atomic E-state index is 0.372. The van der Waals surface area contributed by atoms with Crippen molar-refractivity contribution >= 4 is 33.7 Å². The normalized spacial score (nSPS) is 17.8. The van der Waals surface area contributed by atoms with Crippen LogP contribution in [0.3, 0.4) is 0 Å². The first-order chi connectivity index (χ1) is 15.2. The first-order valence-corrected chi connectivity index (χ1v) is 11.1. The molecule has 1 atom stereocenters. The topological polar surface area (TPSA) is 88.4 Å². The van der Waals surface area contributed by atoms with E-state index in [1.807, 2.05) is 42.5 Å². The molecule has 0 bridgehead atoms. The maximum Gasteiger partial charge on any atom is 0.411 e. The van der Waals surface area contributed by atoms with Crippen LogP contribution in [0.25, 0.3) is 11.1 Å². The van der Waals surface area contributed by atoms with Crippen molar-refractivity contribution in [3.63, 3.8) is 0 Å². The number of methoxy groups -OCH3 is 1.